The first-order chi connectivity index (χ1) is 37.9. The zero-order chi connectivity index (χ0) is 58.7. The highest BCUT2D eigenvalue weighted by atomic mass is 31.2. The Bertz CT molecular complexity index is 1560. The van der Waals surface area contributed by atoms with E-state index in [4.69, 9.17) is 37.0 Å². The summed E-state index contributed by atoms with van der Waals surface area (Å²) in [5, 5.41) is 10.5. The Labute approximate surface area is 479 Å². The lowest BCUT2D eigenvalue weighted by molar-refractivity contribution is -0.161. The molecule has 3 N–H and O–H groups in total. The molecule has 2 unspecified atom stereocenters. The van der Waals surface area contributed by atoms with E-state index >= 15 is 0 Å². The molecule has 0 rings (SSSR count). The van der Waals surface area contributed by atoms with E-state index < -0.39 is 97.5 Å². The number of aliphatic hydroxyl groups is 1. The van der Waals surface area contributed by atoms with E-state index in [0.29, 0.717) is 25.7 Å². The number of hydrogen-bond donors (Lipinski definition) is 3. The highest BCUT2D eigenvalue weighted by Gasteiger charge is 2.30. The number of ether oxygens (including phenoxy) is 4. The summed E-state index contributed by atoms with van der Waals surface area (Å²) in [5.74, 6) is -0.616. The van der Waals surface area contributed by atoms with Crippen LogP contribution in [0, 0.1) is 11.8 Å². The standard InChI is InChI=1S/C60H116O17P2/c1-7-9-11-28-36-42-57(62)70-48-55(76-59(64)44-38-29-12-10-8-2)50-74-78(66,67)72-46-54(61)47-73-79(68,69)75-51-56(49-71-58(63)43-37-32-26-22-19-18-21-25-31-35-41-53(5)6)77-60(65)45-39-33-27-23-17-15-13-14-16-20-24-30-34-40-52(3)4/h52-56,61H,7-51H2,1-6H3,(H,66,67)(H,68,69)/t54-,55+,56+/m0/s1. The molecule has 0 aromatic carbocycles. The van der Waals surface area contributed by atoms with Crippen LogP contribution < -0.4 is 0 Å². The van der Waals surface area contributed by atoms with Gasteiger partial charge in [-0.25, -0.2) is 9.13 Å². The lowest BCUT2D eigenvalue weighted by Crippen LogP contribution is -2.30. The third kappa shape index (κ3) is 55.0. The average Bonchev–Trinajstić information content (AvgIpc) is 3.40. The minimum absolute atomic E-state index is 0.0985. The summed E-state index contributed by atoms with van der Waals surface area (Å²) in [6, 6.07) is 0. The molecular formula is C60H116O17P2. The maximum atomic E-state index is 12.9. The van der Waals surface area contributed by atoms with Gasteiger partial charge in [0.25, 0.3) is 0 Å². The second-order valence-corrected chi connectivity index (χ2v) is 25.6. The van der Waals surface area contributed by atoms with Gasteiger partial charge in [0.15, 0.2) is 12.2 Å². The smallest absolute Gasteiger partial charge is 0.462 e. The Morgan fingerprint density at radius 2 is 0.582 bits per heavy atom. The van der Waals surface area contributed by atoms with Crippen LogP contribution in [0.4, 0.5) is 0 Å². The largest absolute Gasteiger partial charge is 0.472 e. The summed E-state index contributed by atoms with van der Waals surface area (Å²) in [6.07, 6.45) is 34.2. The van der Waals surface area contributed by atoms with Gasteiger partial charge in [0.2, 0.25) is 0 Å². The Kier molecular flexibility index (Phi) is 51.5. The second kappa shape index (κ2) is 52.8. The lowest BCUT2D eigenvalue weighted by atomic mass is 10.0. The van der Waals surface area contributed by atoms with Crippen LogP contribution in [0.15, 0.2) is 0 Å². The molecule has 0 saturated carbocycles. The monoisotopic (exact) mass is 1170 g/mol. The molecule has 79 heavy (non-hydrogen) atoms. The number of hydrogen-bond acceptors (Lipinski definition) is 15. The van der Waals surface area contributed by atoms with E-state index in [9.17, 15) is 43.2 Å². The van der Waals surface area contributed by atoms with Crippen molar-refractivity contribution in [3.05, 3.63) is 0 Å². The van der Waals surface area contributed by atoms with Crippen LogP contribution in [0.3, 0.4) is 0 Å². The summed E-state index contributed by atoms with van der Waals surface area (Å²) in [5.41, 5.74) is 0. The van der Waals surface area contributed by atoms with Crippen molar-refractivity contribution >= 4 is 39.5 Å². The van der Waals surface area contributed by atoms with Crippen molar-refractivity contribution in [1.82, 2.24) is 0 Å². The highest BCUT2D eigenvalue weighted by molar-refractivity contribution is 7.47. The third-order valence-electron chi connectivity index (χ3n) is 13.7. The summed E-state index contributed by atoms with van der Waals surface area (Å²) in [6.45, 7) is 9.29. The van der Waals surface area contributed by atoms with Gasteiger partial charge in [-0.15, -0.1) is 0 Å². The van der Waals surface area contributed by atoms with E-state index in [1.165, 1.54) is 103 Å². The number of carbonyl (C=O) groups is 4. The fourth-order valence-corrected chi connectivity index (χ4v) is 10.4. The first kappa shape index (κ1) is 77.1. The van der Waals surface area contributed by atoms with Crippen molar-refractivity contribution < 1.29 is 80.2 Å². The summed E-state index contributed by atoms with van der Waals surface area (Å²) < 4.78 is 67.4. The van der Waals surface area contributed by atoms with Crippen LogP contribution in [0.25, 0.3) is 0 Å². The van der Waals surface area contributed by atoms with Gasteiger partial charge in [0.05, 0.1) is 26.4 Å². The average molecular weight is 1170 g/mol. The predicted octanol–water partition coefficient (Wildman–Crippen LogP) is 16.1. The Hall–Kier alpha value is -1.94. The minimum Gasteiger partial charge on any atom is -0.462 e. The predicted molar refractivity (Wildman–Crippen MR) is 312 cm³/mol. The van der Waals surface area contributed by atoms with Crippen LogP contribution in [0.1, 0.15) is 292 Å². The number of rotatable bonds is 59. The zero-order valence-electron chi connectivity index (χ0n) is 50.7. The van der Waals surface area contributed by atoms with Crippen molar-refractivity contribution in [2.45, 2.75) is 310 Å². The summed E-state index contributed by atoms with van der Waals surface area (Å²) in [7, 11) is -9.86. The number of esters is 4. The van der Waals surface area contributed by atoms with Crippen LogP contribution in [0.2, 0.25) is 0 Å². The minimum atomic E-state index is -4.94. The van der Waals surface area contributed by atoms with Gasteiger partial charge in [-0.2, -0.15) is 0 Å². The van der Waals surface area contributed by atoms with E-state index in [2.05, 4.69) is 41.5 Å². The first-order valence-corrected chi connectivity index (χ1v) is 34.5. The molecular weight excluding hydrogens is 1050 g/mol. The number of unbranched alkanes of at least 4 members (excludes halogenated alkanes) is 29. The van der Waals surface area contributed by atoms with Gasteiger partial charge >= 0.3 is 39.5 Å². The fourth-order valence-electron chi connectivity index (χ4n) is 8.82. The second-order valence-electron chi connectivity index (χ2n) is 22.7. The molecule has 0 aromatic heterocycles. The molecule has 0 bridgehead atoms. The van der Waals surface area contributed by atoms with Crippen LogP contribution in [0.5, 0.6) is 0 Å². The van der Waals surface area contributed by atoms with Crippen LogP contribution in [-0.4, -0.2) is 96.7 Å². The number of phosphoric ester groups is 2. The van der Waals surface area contributed by atoms with Crippen molar-refractivity contribution in [3.8, 4) is 0 Å². The first-order valence-electron chi connectivity index (χ1n) is 31.5. The SMILES string of the molecule is CCCCCCCC(=O)OC[C@H](COP(=O)(O)OC[C@H](O)COP(=O)(O)OC[C@@H](COC(=O)CCCCCCCCCCCCC(C)C)OC(=O)CCCCCCCCCCCCCCCC(C)C)OC(=O)CCCCCCC. The fraction of sp³-hybridized carbons (Fsp3) is 0.933. The molecule has 0 aliphatic rings. The molecule has 0 aromatic rings. The van der Waals surface area contributed by atoms with Gasteiger partial charge in [0.1, 0.15) is 19.3 Å². The molecule has 5 atom stereocenters. The topological polar surface area (TPSA) is 237 Å². The summed E-state index contributed by atoms with van der Waals surface area (Å²) in [4.78, 5) is 71.5. The van der Waals surface area contributed by atoms with Gasteiger partial charge in [-0.05, 0) is 37.5 Å². The van der Waals surface area contributed by atoms with E-state index in [-0.39, 0.29) is 25.7 Å². The molecule has 468 valence electrons. The van der Waals surface area contributed by atoms with Gasteiger partial charge < -0.3 is 33.8 Å². The molecule has 0 fully saturated rings. The van der Waals surface area contributed by atoms with Crippen molar-refractivity contribution in [2.24, 2.45) is 11.8 Å². The Morgan fingerprint density at radius 3 is 0.861 bits per heavy atom. The number of carbonyl (C=O) groups excluding carboxylic acids is 4. The maximum Gasteiger partial charge on any atom is 0.472 e. The lowest BCUT2D eigenvalue weighted by Gasteiger charge is -2.21. The van der Waals surface area contributed by atoms with E-state index in [1.54, 1.807) is 0 Å². The summed E-state index contributed by atoms with van der Waals surface area (Å²) >= 11 is 0. The van der Waals surface area contributed by atoms with Gasteiger partial charge in [0, 0.05) is 25.7 Å². The van der Waals surface area contributed by atoms with Gasteiger partial charge in [-0.1, -0.05) is 241 Å². The molecule has 0 aliphatic heterocycles. The third-order valence-corrected chi connectivity index (χ3v) is 15.6. The van der Waals surface area contributed by atoms with Crippen molar-refractivity contribution in [1.29, 1.82) is 0 Å². The molecule has 17 nitrogen and oxygen atoms in total. The van der Waals surface area contributed by atoms with E-state index in [1.807, 2.05) is 0 Å². The molecule has 0 amide bonds. The van der Waals surface area contributed by atoms with Crippen LogP contribution >= 0.6 is 15.6 Å². The van der Waals surface area contributed by atoms with Gasteiger partial charge in [-0.3, -0.25) is 37.3 Å². The van der Waals surface area contributed by atoms with E-state index in [0.717, 1.165) is 108 Å². The quantitative estimate of drug-likeness (QED) is 0.0222. The Morgan fingerprint density at radius 1 is 0.342 bits per heavy atom. The van der Waals surface area contributed by atoms with Crippen molar-refractivity contribution in [3.63, 3.8) is 0 Å². The molecule has 0 radical (unpaired) electrons. The number of aliphatic hydroxyl groups excluding tert-OH is 1. The molecule has 0 heterocycles. The molecule has 0 aliphatic carbocycles. The Balaban J connectivity index is 5.12. The van der Waals surface area contributed by atoms with Crippen molar-refractivity contribution in [2.75, 3.05) is 39.6 Å². The zero-order valence-corrected chi connectivity index (χ0v) is 52.4. The molecule has 0 spiro atoms. The molecule has 19 heteroatoms. The highest BCUT2D eigenvalue weighted by Crippen LogP contribution is 2.45. The maximum absolute atomic E-state index is 12.9. The molecule has 0 saturated heterocycles. The van der Waals surface area contributed by atoms with Crippen LogP contribution in [-0.2, 0) is 65.4 Å². The normalized spacial score (nSPS) is 14.4. The number of phosphoric acid groups is 2.